The molecule has 0 atom stereocenters. The van der Waals surface area contributed by atoms with Gasteiger partial charge in [0.05, 0.1) is 5.69 Å². The van der Waals surface area contributed by atoms with Crippen molar-refractivity contribution >= 4 is 11.9 Å². The summed E-state index contributed by atoms with van der Waals surface area (Å²) in [5.41, 5.74) is 14.7. The molecule has 4 N–H and O–H groups in total. The van der Waals surface area contributed by atoms with Gasteiger partial charge in [-0.05, 0) is 19.8 Å². The predicted octanol–water partition coefficient (Wildman–Crippen LogP) is 3.71. The number of anilines is 2. The number of nitrogen functional groups attached to an aromatic ring is 2. The smallest absolute Gasteiger partial charge is 0.242 e. The van der Waals surface area contributed by atoms with Crippen molar-refractivity contribution in [1.82, 2.24) is 24.5 Å². The molecule has 142 valence electrons. The van der Waals surface area contributed by atoms with Crippen LogP contribution in [0.2, 0.25) is 0 Å². The molecule has 0 amide bonds. The monoisotopic (exact) mass is 365 g/mol. The lowest BCUT2D eigenvalue weighted by Gasteiger charge is -2.12. The fourth-order valence-corrected chi connectivity index (χ4v) is 3.25. The van der Waals surface area contributed by atoms with E-state index in [1.807, 2.05) is 41.8 Å². The SMILES string of the molecule is CCCCCCCc1c(C)nc(-c2ccccc2)n1-c1nc(N)nc(N)n1. The van der Waals surface area contributed by atoms with E-state index in [-0.39, 0.29) is 11.9 Å². The number of hydrogen-bond acceptors (Lipinski definition) is 6. The molecule has 2 heterocycles. The Hall–Kier alpha value is -2.96. The van der Waals surface area contributed by atoms with Crippen molar-refractivity contribution in [3.8, 4) is 17.3 Å². The van der Waals surface area contributed by atoms with E-state index in [0.29, 0.717) is 5.95 Å². The van der Waals surface area contributed by atoms with E-state index < -0.39 is 0 Å². The Kier molecular flexibility index (Phi) is 6.01. The standard InChI is InChI=1S/C20H27N7/c1-3-4-5-6-10-13-16-14(2)23-17(15-11-8-7-9-12-15)27(16)20-25-18(21)24-19(22)26-20/h7-9,11-12H,3-6,10,13H2,1-2H3,(H4,21,22,24,25,26). The molecule has 7 nitrogen and oxygen atoms in total. The van der Waals surface area contributed by atoms with Gasteiger partial charge < -0.3 is 11.5 Å². The second kappa shape index (κ2) is 8.62. The van der Waals surface area contributed by atoms with Gasteiger partial charge >= 0.3 is 0 Å². The molecular weight excluding hydrogens is 338 g/mol. The third-order valence-corrected chi connectivity index (χ3v) is 4.58. The van der Waals surface area contributed by atoms with Crippen LogP contribution in [0.25, 0.3) is 17.3 Å². The van der Waals surface area contributed by atoms with Gasteiger partial charge in [-0.1, -0.05) is 62.9 Å². The lowest BCUT2D eigenvalue weighted by molar-refractivity contribution is 0.623. The third kappa shape index (κ3) is 4.42. The summed E-state index contributed by atoms with van der Waals surface area (Å²) < 4.78 is 1.97. The van der Waals surface area contributed by atoms with Gasteiger partial charge in [0.1, 0.15) is 5.82 Å². The van der Waals surface area contributed by atoms with Crippen molar-refractivity contribution in [1.29, 1.82) is 0 Å². The summed E-state index contributed by atoms with van der Waals surface area (Å²) in [6.45, 7) is 4.25. The second-order valence-corrected chi connectivity index (χ2v) is 6.68. The average molecular weight is 365 g/mol. The summed E-state index contributed by atoms with van der Waals surface area (Å²) in [5.74, 6) is 1.43. The molecule has 0 aliphatic carbocycles. The molecule has 0 aliphatic heterocycles. The molecule has 27 heavy (non-hydrogen) atoms. The first kappa shape index (κ1) is 18.8. The van der Waals surface area contributed by atoms with Crippen LogP contribution in [-0.4, -0.2) is 24.5 Å². The molecule has 3 aromatic rings. The Morgan fingerprint density at radius 1 is 0.852 bits per heavy atom. The first-order valence-corrected chi connectivity index (χ1v) is 9.51. The van der Waals surface area contributed by atoms with Crippen LogP contribution in [0.1, 0.15) is 50.4 Å². The number of rotatable bonds is 8. The van der Waals surface area contributed by atoms with Crippen LogP contribution >= 0.6 is 0 Å². The first-order valence-electron chi connectivity index (χ1n) is 9.51. The molecule has 0 aliphatic rings. The summed E-state index contributed by atoms with van der Waals surface area (Å²) >= 11 is 0. The molecule has 2 aromatic heterocycles. The van der Waals surface area contributed by atoms with E-state index in [1.54, 1.807) is 0 Å². The van der Waals surface area contributed by atoms with Crippen molar-refractivity contribution in [2.75, 3.05) is 11.5 Å². The van der Waals surface area contributed by atoms with E-state index in [4.69, 9.17) is 16.5 Å². The van der Waals surface area contributed by atoms with Gasteiger partial charge in [0, 0.05) is 11.3 Å². The summed E-state index contributed by atoms with van der Waals surface area (Å²) in [6.07, 6.45) is 6.95. The minimum atomic E-state index is 0.108. The summed E-state index contributed by atoms with van der Waals surface area (Å²) in [6, 6.07) is 10.0. The lowest BCUT2D eigenvalue weighted by atomic mass is 10.1. The third-order valence-electron chi connectivity index (χ3n) is 4.58. The van der Waals surface area contributed by atoms with Crippen LogP contribution in [0.15, 0.2) is 30.3 Å². The molecule has 0 saturated heterocycles. The summed E-state index contributed by atoms with van der Waals surface area (Å²) in [4.78, 5) is 17.3. The zero-order valence-corrected chi connectivity index (χ0v) is 16.0. The van der Waals surface area contributed by atoms with Crippen LogP contribution in [-0.2, 0) is 6.42 Å². The highest BCUT2D eigenvalue weighted by molar-refractivity contribution is 5.59. The highest BCUT2D eigenvalue weighted by Gasteiger charge is 2.19. The molecule has 0 spiro atoms. The number of hydrogen-bond donors (Lipinski definition) is 2. The fraction of sp³-hybridized carbons (Fsp3) is 0.400. The van der Waals surface area contributed by atoms with Crippen molar-refractivity contribution in [2.45, 2.75) is 52.4 Å². The fourth-order valence-electron chi connectivity index (χ4n) is 3.25. The number of imidazole rings is 1. The maximum atomic E-state index is 5.82. The largest absolute Gasteiger partial charge is 0.368 e. The van der Waals surface area contributed by atoms with Crippen molar-refractivity contribution in [2.24, 2.45) is 0 Å². The Morgan fingerprint density at radius 2 is 1.52 bits per heavy atom. The lowest BCUT2D eigenvalue weighted by Crippen LogP contribution is -2.12. The van der Waals surface area contributed by atoms with Gasteiger partial charge in [0.15, 0.2) is 0 Å². The van der Waals surface area contributed by atoms with Crippen LogP contribution in [0.3, 0.4) is 0 Å². The van der Waals surface area contributed by atoms with Gasteiger partial charge in [0.25, 0.3) is 0 Å². The number of benzene rings is 1. The Balaban J connectivity index is 2.03. The van der Waals surface area contributed by atoms with Gasteiger partial charge in [-0.2, -0.15) is 15.0 Å². The summed E-state index contributed by atoms with van der Waals surface area (Å²) in [7, 11) is 0. The van der Waals surface area contributed by atoms with Crippen LogP contribution in [0, 0.1) is 6.92 Å². The normalized spacial score (nSPS) is 11.0. The Labute approximate surface area is 159 Å². The number of nitrogens with zero attached hydrogens (tertiary/aromatic N) is 5. The van der Waals surface area contributed by atoms with E-state index in [0.717, 1.165) is 35.6 Å². The van der Waals surface area contributed by atoms with Crippen LogP contribution in [0.5, 0.6) is 0 Å². The molecule has 7 heteroatoms. The molecule has 0 radical (unpaired) electrons. The quantitative estimate of drug-likeness (QED) is 0.589. The maximum Gasteiger partial charge on any atom is 0.242 e. The number of aryl methyl sites for hydroxylation is 1. The molecule has 0 unspecified atom stereocenters. The van der Waals surface area contributed by atoms with Crippen LogP contribution in [0.4, 0.5) is 11.9 Å². The molecular formula is C20H27N7. The zero-order valence-electron chi connectivity index (χ0n) is 16.0. The van der Waals surface area contributed by atoms with E-state index in [2.05, 4.69) is 21.9 Å². The Bertz CT molecular complexity index is 867. The number of aromatic nitrogens is 5. The van der Waals surface area contributed by atoms with Crippen molar-refractivity contribution in [3.63, 3.8) is 0 Å². The Morgan fingerprint density at radius 3 is 2.19 bits per heavy atom. The van der Waals surface area contributed by atoms with Gasteiger partial charge in [-0.25, -0.2) is 4.98 Å². The van der Waals surface area contributed by atoms with Gasteiger partial charge in [0.2, 0.25) is 17.8 Å². The average Bonchev–Trinajstić information content (AvgIpc) is 2.98. The van der Waals surface area contributed by atoms with Gasteiger partial charge in [-0.15, -0.1) is 0 Å². The second-order valence-electron chi connectivity index (χ2n) is 6.68. The minimum Gasteiger partial charge on any atom is -0.368 e. The predicted molar refractivity (Wildman–Crippen MR) is 108 cm³/mol. The van der Waals surface area contributed by atoms with E-state index in [1.165, 1.54) is 25.7 Å². The van der Waals surface area contributed by atoms with E-state index in [9.17, 15) is 0 Å². The number of nitrogens with two attached hydrogens (primary N) is 2. The zero-order chi connectivity index (χ0) is 19.2. The molecule has 0 bridgehead atoms. The van der Waals surface area contributed by atoms with E-state index >= 15 is 0 Å². The van der Waals surface area contributed by atoms with Crippen molar-refractivity contribution in [3.05, 3.63) is 41.7 Å². The van der Waals surface area contributed by atoms with Crippen molar-refractivity contribution < 1.29 is 0 Å². The van der Waals surface area contributed by atoms with Crippen LogP contribution < -0.4 is 11.5 Å². The molecule has 0 saturated carbocycles. The topological polar surface area (TPSA) is 109 Å². The molecule has 3 rings (SSSR count). The molecule has 1 aromatic carbocycles. The first-order chi connectivity index (χ1) is 13.1. The number of unbranched alkanes of at least 4 members (excludes halogenated alkanes) is 4. The molecule has 0 fully saturated rings. The highest BCUT2D eigenvalue weighted by Crippen LogP contribution is 2.26. The maximum absolute atomic E-state index is 5.82. The highest BCUT2D eigenvalue weighted by atomic mass is 15.3. The van der Waals surface area contributed by atoms with Gasteiger partial charge in [-0.3, -0.25) is 4.57 Å². The minimum absolute atomic E-state index is 0.108. The summed E-state index contributed by atoms with van der Waals surface area (Å²) in [5, 5.41) is 0.